The first kappa shape index (κ1) is 49.2. The standard InChI is InChI=1S/C49H59ClN2O12Si/c1-27(2)62-41-22-32-21-39(61-26-57-9)35(23-34(32)45(58-10)46(41)59-11)48(55)52-37-24-43(53)60-25-42(64-65(28(3)4,29(5)6)30(7)8)49(56)18-13-12-14-33-31(17-19-49)20-40(44(33)54)63-38-16-15-36(37)51-47(38)50/h14-16,20-23,27-30,37,40,42,44,54,56H,18,24-26H2,1-11H3,(H,52,55)/b33-14+/t37-,40?,42-,44+,49+/m1/s1. The molecule has 0 radical (unpaired) electrons. The minimum Gasteiger partial charge on any atom is -0.492 e. The second-order valence-corrected chi connectivity index (χ2v) is 23.2. The van der Waals surface area contributed by atoms with Gasteiger partial charge < -0.3 is 53.1 Å². The normalized spacial score (nSPS) is 22.7. The number of hydrogen-bond donors (Lipinski definition) is 3. The Morgan fingerprint density at radius 2 is 1.71 bits per heavy atom. The van der Waals surface area contributed by atoms with Gasteiger partial charge in [0, 0.05) is 23.6 Å². The number of ether oxygens (including phenoxy) is 7. The largest absolute Gasteiger partial charge is 0.492 e. The molecule has 14 nitrogen and oxygen atoms in total. The fraction of sp³-hybridized carbons (Fsp3) is 0.490. The molecule has 5 bridgehead atoms. The van der Waals surface area contributed by atoms with Gasteiger partial charge in [-0.15, -0.1) is 0 Å². The molecule has 2 aromatic carbocycles. The lowest BCUT2D eigenvalue weighted by atomic mass is 9.93. The smallest absolute Gasteiger partial charge is 0.308 e. The number of allylic oxidation sites excluding steroid dienone is 1. The van der Waals surface area contributed by atoms with E-state index in [1.807, 2.05) is 13.8 Å². The minimum absolute atomic E-state index is 0.0676. The molecule has 1 aromatic heterocycles. The summed E-state index contributed by atoms with van der Waals surface area (Å²) in [5.41, 5.74) is -0.544. The number of pyridine rings is 1. The van der Waals surface area contributed by atoms with Crippen LogP contribution < -0.4 is 29.0 Å². The lowest BCUT2D eigenvalue weighted by Gasteiger charge is -2.46. The van der Waals surface area contributed by atoms with E-state index in [-0.39, 0.29) is 63.9 Å². The van der Waals surface area contributed by atoms with Crippen molar-refractivity contribution in [1.29, 1.82) is 0 Å². The van der Waals surface area contributed by atoms with Crippen LogP contribution >= 0.6 is 11.6 Å². The molecule has 3 N–H and O–H groups in total. The molecule has 3 aromatic rings. The number of hydrogen-bond acceptors (Lipinski definition) is 13. The number of aliphatic hydroxyl groups is 2. The van der Waals surface area contributed by atoms with Crippen molar-refractivity contribution in [3.63, 3.8) is 0 Å². The minimum atomic E-state index is -2.77. The van der Waals surface area contributed by atoms with Gasteiger partial charge in [0.15, 0.2) is 34.8 Å². The van der Waals surface area contributed by atoms with E-state index in [1.165, 1.54) is 27.4 Å². The van der Waals surface area contributed by atoms with Crippen LogP contribution in [0.2, 0.25) is 21.8 Å². The molecule has 0 saturated carbocycles. The van der Waals surface area contributed by atoms with Crippen LogP contribution in [0.1, 0.15) is 90.3 Å². The number of benzene rings is 2. The van der Waals surface area contributed by atoms with Gasteiger partial charge in [-0.25, -0.2) is 4.98 Å². The number of carbonyl (C=O) groups excluding carboxylic acids is 2. The van der Waals surface area contributed by atoms with E-state index in [0.29, 0.717) is 39.2 Å². The summed E-state index contributed by atoms with van der Waals surface area (Å²) >= 11 is 6.77. The van der Waals surface area contributed by atoms with E-state index in [4.69, 9.17) is 49.2 Å². The highest BCUT2D eigenvalue weighted by atomic mass is 35.5. The quantitative estimate of drug-likeness (QED) is 0.0471. The fourth-order valence-corrected chi connectivity index (χ4v) is 14.7. The van der Waals surface area contributed by atoms with Crippen LogP contribution in [0, 0.1) is 23.7 Å². The van der Waals surface area contributed by atoms with Gasteiger partial charge in [0.05, 0.1) is 50.5 Å². The molecule has 0 spiro atoms. The summed E-state index contributed by atoms with van der Waals surface area (Å²) < 4.78 is 48.2. The fourth-order valence-electron chi connectivity index (χ4n) is 8.95. The van der Waals surface area contributed by atoms with Gasteiger partial charge in [0.1, 0.15) is 30.7 Å². The van der Waals surface area contributed by atoms with E-state index in [0.717, 1.165) is 0 Å². The molecule has 7 rings (SSSR count). The van der Waals surface area contributed by atoms with Crippen molar-refractivity contribution in [2.24, 2.45) is 0 Å². The first-order chi connectivity index (χ1) is 30.9. The Morgan fingerprint density at radius 1 is 1.02 bits per heavy atom. The molecular formula is C49H59ClN2O12Si. The number of halogens is 1. The van der Waals surface area contributed by atoms with Crippen molar-refractivity contribution < 1.29 is 57.4 Å². The van der Waals surface area contributed by atoms with Crippen LogP contribution in [0.15, 0.2) is 53.6 Å². The van der Waals surface area contributed by atoms with Crippen LogP contribution in [-0.2, 0) is 18.7 Å². The Morgan fingerprint density at radius 3 is 2.34 bits per heavy atom. The van der Waals surface area contributed by atoms with Gasteiger partial charge in [0.25, 0.3) is 5.91 Å². The second-order valence-electron chi connectivity index (χ2n) is 17.5. The van der Waals surface area contributed by atoms with Crippen molar-refractivity contribution in [1.82, 2.24) is 10.3 Å². The third-order valence-electron chi connectivity index (χ3n) is 11.9. The van der Waals surface area contributed by atoms with Crippen LogP contribution in [0.25, 0.3) is 10.8 Å². The first-order valence-corrected chi connectivity index (χ1v) is 24.2. The number of nitrogens with zero attached hydrogens (tertiary/aromatic N) is 1. The van der Waals surface area contributed by atoms with Crippen LogP contribution in [0.5, 0.6) is 28.7 Å². The number of nitrogens with one attached hydrogen (secondary N) is 1. The summed E-state index contributed by atoms with van der Waals surface area (Å²) in [6.45, 7) is 15.9. The molecule has 4 aliphatic rings. The number of aliphatic hydroxyl groups excluding tert-OH is 1. The first-order valence-electron chi connectivity index (χ1n) is 21.7. The van der Waals surface area contributed by atoms with Gasteiger partial charge in [-0.1, -0.05) is 76.8 Å². The predicted molar refractivity (Wildman–Crippen MR) is 248 cm³/mol. The predicted octanol–water partition coefficient (Wildman–Crippen LogP) is 7.77. The number of esters is 1. The third-order valence-corrected chi connectivity index (χ3v) is 18.3. The molecule has 0 saturated heterocycles. The Kier molecular flexibility index (Phi) is 15.5. The van der Waals surface area contributed by atoms with Gasteiger partial charge in [0.2, 0.25) is 14.1 Å². The van der Waals surface area contributed by atoms with Crippen molar-refractivity contribution in [2.75, 3.05) is 34.7 Å². The van der Waals surface area contributed by atoms with Crippen molar-refractivity contribution >= 4 is 42.6 Å². The molecule has 5 atom stereocenters. The lowest BCUT2D eigenvalue weighted by Crippen LogP contribution is -2.57. The number of methoxy groups -OCH3 is 3. The molecular weight excluding hydrogens is 872 g/mol. The number of fused-ring (bicyclic) bond motifs is 8. The zero-order chi connectivity index (χ0) is 47.4. The number of rotatable bonds is 14. The van der Waals surface area contributed by atoms with Crippen molar-refractivity contribution in [2.45, 2.75) is 121 Å². The molecule has 16 heteroatoms. The maximum Gasteiger partial charge on any atom is 0.308 e. The molecule has 1 amide bonds. The second kappa shape index (κ2) is 20.5. The summed E-state index contributed by atoms with van der Waals surface area (Å²) in [5, 5.41) is 28.0. The topological polar surface area (TPSA) is 173 Å². The average Bonchev–Trinajstić information content (AvgIpc) is 3.58. The lowest BCUT2D eigenvalue weighted by molar-refractivity contribution is -0.150. The molecule has 2 aliphatic carbocycles. The third kappa shape index (κ3) is 10.3. The maximum absolute atomic E-state index is 14.6. The Hall–Kier alpha value is -5.26. The summed E-state index contributed by atoms with van der Waals surface area (Å²) in [7, 11) is 1.67. The zero-order valence-corrected chi connectivity index (χ0v) is 40.5. The molecule has 3 heterocycles. The highest BCUT2D eigenvalue weighted by Gasteiger charge is 2.51. The van der Waals surface area contributed by atoms with E-state index in [1.54, 1.807) is 36.4 Å². The number of carbonyl (C=O) groups is 2. The monoisotopic (exact) mass is 930 g/mol. The Bertz CT molecular complexity index is 2460. The van der Waals surface area contributed by atoms with Gasteiger partial charge >= 0.3 is 5.97 Å². The van der Waals surface area contributed by atoms with Crippen molar-refractivity contribution in [3.8, 4) is 52.4 Å². The summed E-state index contributed by atoms with van der Waals surface area (Å²) in [6, 6.07) is 6.98. The molecule has 348 valence electrons. The van der Waals surface area contributed by atoms with E-state index < -0.39 is 63.2 Å². The maximum atomic E-state index is 14.6. The van der Waals surface area contributed by atoms with E-state index in [2.05, 4.69) is 75.5 Å². The number of amides is 1. The summed E-state index contributed by atoms with van der Waals surface area (Å²) in [4.78, 5) is 33.4. The van der Waals surface area contributed by atoms with E-state index in [9.17, 15) is 19.8 Å². The van der Waals surface area contributed by atoms with Crippen LogP contribution in [-0.4, -0.2) is 100 Å². The SMILES string of the molecule is COCOc1cc2cc(OC(C)C)c(OC)c(OC)c2cc1C(=O)N[C@@H]1CC(=O)OC[C@@H](O[Si](C(C)C)(C(C)C)C(C)C)[C@@]2(O)C#CC3=CC(Oc4ccc1nc4Cl)[C@@H](O)/C3=C/C#CC2. The molecule has 1 unspecified atom stereocenters. The van der Waals surface area contributed by atoms with Crippen molar-refractivity contribution in [3.05, 3.63) is 70.0 Å². The zero-order valence-electron chi connectivity index (χ0n) is 38.8. The molecule has 65 heavy (non-hydrogen) atoms. The van der Waals surface area contributed by atoms with Crippen LogP contribution in [0.4, 0.5) is 0 Å². The molecule has 0 fully saturated rings. The summed E-state index contributed by atoms with van der Waals surface area (Å²) in [6.07, 6.45) is -0.819. The highest BCUT2D eigenvalue weighted by molar-refractivity contribution is 6.77. The summed E-state index contributed by atoms with van der Waals surface area (Å²) in [5.74, 6) is 12.0. The van der Waals surface area contributed by atoms with E-state index >= 15 is 0 Å². The van der Waals surface area contributed by atoms with Gasteiger partial charge in [-0.2, -0.15) is 0 Å². The van der Waals surface area contributed by atoms with Crippen LogP contribution in [0.3, 0.4) is 0 Å². The molecule has 2 aliphatic heterocycles. The van der Waals surface area contributed by atoms with Gasteiger partial charge in [-0.3, -0.25) is 9.59 Å². The Labute approximate surface area is 387 Å². The average molecular weight is 932 g/mol. The number of aromatic nitrogens is 1. The Balaban J connectivity index is 1.45. The van der Waals surface area contributed by atoms with Gasteiger partial charge in [-0.05, 0) is 78.3 Å². The highest BCUT2D eigenvalue weighted by Crippen LogP contribution is 2.47.